The first-order valence-electron chi connectivity index (χ1n) is 8.64. The van der Waals surface area contributed by atoms with Crippen molar-refractivity contribution in [3.8, 4) is 0 Å². The molecule has 2 heterocycles. The summed E-state index contributed by atoms with van der Waals surface area (Å²) in [6.45, 7) is 3.46. The maximum absolute atomic E-state index is 12.3. The molecule has 0 spiro atoms. The summed E-state index contributed by atoms with van der Waals surface area (Å²) in [5.41, 5.74) is 1.38. The summed E-state index contributed by atoms with van der Waals surface area (Å²) in [5, 5.41) is 11.0. The van der Waals surface area contributed by atoms with E-state index in [1.54, 1.807) is 30.3 Å². The molecule has 0 aliphatic carbocycles. The van der Waals surface area contributed by atoms with Crippen molar-refractivity contribution >= 4 is 23.2 Å². The van der Waals surface area contributed by atoms with Crippen LogP contribution in [0.5, 0.6) is 0 Å². The first-order valence-corrected chi connectivity index (χ1v) is 8.64. The monoisotopic (exact) mass is 338 g/mol. The Morgan fingerprint density at radius 1 is 1.00 bits per heavy atom. The second-order valence-electron chi connectivity index (χ2n) is 6.27. The number of amides is 1. The average molecular weight is 338 g/mol. The third-order valence-corrected chi connectivity index (χ3v) is 4.34. The highest BCUT2D eigenvalue weighted by molar-refractivity contribution is 6.03. The molecule has 0 bridgehead atoms. The summed E-state index contributed by atoms with van der Waals surface area (Å²) in [6, 6.07) is 10.4. The Morgan fingerprint density at radius 3 is 2.40 bits per heavy atom. The number of carbonyl (C=O) groups excluding carboxylic acids is 2. The Balaban J connectivity index is 1.68. The van der Waals surface area contributed by atoms with Gasteiger partial charge in [-0.1, -0.05) is 25.0 Å². The second kappa shape index (κ2) is 7.88. The molecule has 6 heteroatoms. The van der Waals surface area contributed by atoms with Crippen LogP contribution in [0.4, 0.5) is 11.5 Å². The first kappa shape index (κ1) is 17.1. The Kier molecular flexibility index (Phi) is 5.38. The molecule has 1 aliphatic rings. The summed E-state index contributed by atoms with van der Waals surface area (Å²) in [4.78, 5) is 26.0. The van der Waals surface area contributed by atoms with E-state index in [9.17, 15) is 9.59 Å². The molecular formula is C19H22N4O2. The fourth-order valence-electron chi connectivity index (χ4n) is 2.93. The van der Waals surface area contributed by atoms with Gasteiger partial charge in [0.25, 0.3) is 5.91 Å². The molecule has 0 atom stereocenters. The third-order valence-electron chi connectivity index (χ3n) is 4.34. The van der Waals surface area contributed by atoms with E-state index in [-0.39, 0.29) is 17.4 Å². The highest BCUT2D eigenvalue weighted by Gasteiger charge is 2.14. The normalized spacial score (nSPS) is 14.7. The molecule has 1 saturated heterocycles. The van der Waals surface area contributed by atoms with E-state index in [1.807, 2.05) is 6.07 Å². The number of benzene rings is 1. The van der Waals surface area contributed by atoms with Gasteiger partial charge < -0.3 is 10.2 Å². The van der Waals surface area contributed by atoms with Gasteiger partial charge in [-0.05, 0) is 44.0 Å². The van der Waals surface area contributed by atoms with Gasteiger partial charge in [0, 0.05) is 24.3 Å². The van der Waals surface area contributed by atoms with Gasteiger partial charge in [0.05, 0.1) is 0 Å². The van der Waals surface area contributed by atoms with E-state index in [0.717, 1.165) is 31.7 Å². The average Bonchev–Trinajstić information content (AvgIpc) is 2.91. The topological polar surface area (TPSA) is 75.2 Å². The SMILES string of the molecule is CC(=O)c1cccc(NC(=O)c2ccc(N3CCCCCC3)nn2)c1. The van der Waals surface area contributed by atoms with Gasteiger partial charge in [0.1, 0.15) is 0 Å². The predicted molar refractivity (Wildman–Crippen MR) is 97.1 cm³/mol. The molecule has 1 amide bonds. The van der Waals surface area contributed by atoms with Gasteiger partial charge in [0.2, 0.25) is 0 Å². The lowest BCUT2D eigenvalue weighted by atomic mass is 10.1. The van der Waals surface area contributed by atoms with Crippen molar-refractivity contribution in [2.24, 2.45) is 0 Å². The van der Waals surface area contributed by atoms with Crippen molar-refractivity contribution in [1.29, 1.82) is 0 Å². The number of anilines is 2. The minimum absolute atomic E-state index is 0.0438. The van der Waals surface area contributed by atoms with Crippen LogP contribution in [-0.2, 0) is 0 Å². The first-order chi connectivity index (χ1) is 12.1. The zero-order chi connectivity index (χ0) is 17.6. The smallest absolute Gasteiger partial charge is 0.276 e. The summed E-state index contributed by atoms with van der Waals surface area (Å²) >= 11 is 0. The summed E-state index contributed by atoms with van der Waals surface area (Å²) in [7, 11) is 0. The molecule has 1 aromatic carbocycles. The molecule has 3 rings (SSSR count). The molecule has 0 unspecified atom stereocenters. The zero-order valence-corrected chi connectivity index (χ0v) is 14.4. The number of ketones is 1. The fraction of sp³-hybridized carbons (Fsp3) is 0.368. The van der Waals surface area contributed by atoms with Crippen molar-refractivity contribution in [3.05, 3.63) is 47.7 Å². The predicted octanol–water partition coefficient (Wildman–Crippen LogP) is 3.31. The van der Waals surface area contributed by atoms with Crippen molar-refractivity contribution < 1.29 is 9.59 Å². The number of rotatable bonds is 4. The minimum Gasteiger partial charge on any atom is -0.355 e. The molecule has 1 fully saturated rings. The summed E-state index contributed by atoms with van der Waals surface area (Å²) in [5.74, 6) is 0.435. The lowest BCUT2D eigenvalue weighted by Gasteiger charge is -2.20. The van der Waals surface area contributed by atoms with Gasteiger partial charge >= 0.3 is 0 Å². The number of nitrogens with one attached hydrogen (secondary N) is 1. The number of carbonyl (C=O) groups is 2. The van der Waals surface area contributed by atoms with Gasteiger partial charge in [-0.25, -0.2) is 0 Å². The molecule has 6 nitrogen and oxygen atoms in total. The van der Waals surface area contributed by atoms with Crippen LogP contribution in [0.1, 0.15) is 53.5 Å². The highest BCUT2D eigenvalue weighted by Crippen LogP contribution is 2.17. The van der Waals surface area contributed by atoms with Gasteiger partial charge in [0.15, 0.2) is 17.3 Å². The van der Waals surface area contributed by atoms with E-state index in [2.05, 4.69) is 20.4 Å². The van der Waals surface area contributed by atoms with Crippen LogP contribution in [-0.4, -0.2) is 35.0 Å². The number of Topliss-reactive ketones (excluding diaryl/α,β-unsaturated/α-hetero) is 1. The minimum atomic E-state index is -0.337. The number of hydrogen-bond donors (Lipinski definition) is 1. The van der Waals surface area contributed by atoms with Crippen molar-refractivity contribution in [2.45, 2.75) is 32.6 Å². The number of aromatic nitrogens is 2. The molecule has 1 aromatic heterocycles. The van der Waals surface area contributed by atoms with Crippen LogP contribution in [0.15, 0.2) is 36.4 Å². The molecule has 25 heavy (non-hydrogen) atoms. The quantitative estimate of drug-likeness (QED) is 0.866. The largest absolute Gasteiger partial charge is 0.355 e. The van der Waals surface area contributed by atoms with Gasteiger partial charge in [-0.15, -0.1) is 10.2 Å². The second-order valence-corrected chi connectivity index (χ2v) is 6.27. The molecule has 2 aromatic rings. The summed E-state index contributed by atoms with van der Waals surface area (Å²) < 4.78 is 0. The number of hydrogen-bond acceptors (Lipinski definition) is 5. The van der Waals surface area contributed by atoms with E-state index in [1.165, 1.54) is 19.8 Å². The molecule has 130 valence electrons. The standard InChI is InChI=1S/C19H22N4O2/c1-14(24)15-7-6-8-16(13-15)20-19(25)17-9-10-18(22-21-17)23-11-4-2-3-5-12-23/h6-10,13H,2-5,11-12H2,1H3,(H,20,25). The van der Waals surface area contributed by atoms with Crippen LogP contribution >= 0.6 is 0 Å². The Morgan fingerprint density at radius 2 is 1.76 bits per heavy atom. The maximum atomic E-state index is 12.3. The number of nitrogens with zero attached hydrogens (tertiary/aromatic N) is 3. The van der Waals surface area contributed by atoms with Crippen molar-refractivity contribution in [2.75, 3.05) is 23.3 Å². The maximum Gasteiger partial charge on any atom is 0.276 e. The highest BCUT2D eigenvalue weighted by atomic mass is 16.2. The van der Waals surface area contributed by atoms with Gasteiger partial charge in [-0.3, -0.25) is 9.59 Å². The molecule has 1 N–H and O–H groups in total. The van der Waals surface area contributed by atoms with E-state index < -0.39 is 0 Å². The molecule has 0 radical (unpaired) electrons. The summed E-state index contributed by atoms with van der Waals surface area (Å²) in [6.07, 6.45) is 4.83. The van der Waals surface area contributed by atoms with Crippen LogP contribution in [0.3, 0.4) is 0 Å². The van der Waals surface area contributed by atoms with Crippen molar-refractivity contribution in [3.63, 3.8) is 0 Å². The van der Waals surface area contributed by atoms with Gasteiger partial charge in [-0.2, -0.15) is 0 Å². The van der Waals surface area contributed by atoms with Crippen LogP contribution in [0, 0.1) is 0 Å². The molecule has 0 saturated carbocycles. The van der Waals surface area contributed by atoms with E-state index in [4.69, 9.17) is 0 Å². The third kappa shape index (κ3) is 4.41. The Hall–Kier alpha value is -2.76. The lowest BCUT2D eigenvalue weighted by molar-refractivity contribution is 0.100. The van der Waals surface area contributed by atoms with Crippen LogP contribution in [0.2, 0.25) is 0 Å². The Labute approximate surface area is 147 Å². The molecule has 1 aliphatic heterocycles. The zero-order valence-electron chi connectivity index (χ0n) is 14.4. The lowest BCUT2D eigenvalue weighted by Crippen LogP contribution is -2.25. The fourth-order valence-corrected chi connectivity index (χ4v) is 2.93. The van der Waals surface area contributed by atoms with E-state index >= 15 is 0 Å². The van der Waals surface area contributed by atoms with Crippen LogP contribution in [0.25, 0.3) is 0 Å². The Bertz CT molecular complexity index is 750. The molecular weight excluding hydrogens is 316 g/mol. The van der Waals surface area contributed by atoms with Crippen LogP contribution < -0.4 is 10.2 Å². The van der Waals surface area contributed by atoms with Crippen molar-refractivity contribution in [1.82, 2.24) is 10.2 Å². The van der Waals surface area contributed by atoms with E-state index in [0.29, 0.717) is 11.3 Å².